The van der Waals surface area contributed by atoms with Crippen LogP contribution in [0.3, 0.4) is 0 Å². The molecule has 32 heavy (non-hydrogen) atoms. The SMILES string of the molecule is CC.CC(C)(C)NCC1=CCNC1.CC(C)NCc1cc[nH]c1.CCNCC1CCNC1. The first-order chi connectivity index (χ1) is 15.3. The van der Waals surface area contributed by atoms with Crippen molar-refractivity contribution in [3.8, 4) is 0 Å². The zero-order chi connectivity index (χ0) is 24.2. The van der Waals surface area contributed by atoms with Crippen molar-refractivity contribution >= 4 is 0 Å². The van der Waals surface area contributed by atoms with E-state index in [-0.39, 0.29) is 5.54 Å². The second kappa shape index (κ2) is 19.3. The maximum absolute atomic E-state index is 3.46. The van der Waals surface area contributed by atoms with Gasteiger partial charge in [0, 0.05) is 50.2 Å². The standard InChI is InChI=1S/C9H18N2.C8H14N2.C7H16N2.C2H6/c1-9(2,3)11-7-8-4-5-10-6-8;1-7(2)10-6-8-3-4-9-5-8;1-2-8-5-7-3-4-9-6-7;1-2/h4,10-11H,5-7H2,1-3H3;3-5,7,9-10H,6H2,1-2H3;7-9H,2-6H2,1H3;1-2H3. The first kappa shape index (κ1) is 30.8. The molecular formula is C26H54N6. The Morgan fingerprint density at radius 1 is 1.12 bits per heavy atom. The summed E-state index contributed by atoms with van der Waals surface area (Å²) in [4.78, 5) is 3.01. The van der Waals surface area contributed by atoms with E-state index in [2.05, 4.69) is 85.3 Å². The maximum atomic E-state index is 3.46. The van der Waals surface area contributed by atoms with Crippen LogP contribution in [0.1, 0.15) is 67.4 Å². The zero-order valence-corrected chi connectivity index (χ0v) is 22.3. The lowest BCUT2D eigenvalue weighted by molar-refractivity contribution is 0.443. The molecule has 3 heterocycles. The van der Waals surface area contributed by atoms with Crippen molar-refractivity contribution in [1.29, 1.82) is 0 Å². The largest absolute Gasteiger partial charge is 0.367 e. The van der Waals surface area contributed by atoms with Crippen LogP contribution >= 0.6 is 0 Å². The van der Waals surface area contributed by atoms with Crippen molar-refractivity contribution in [2.24, 2.45) is 5.92 Å². The van der Waals surface area contributed by atoms with Crippen molar-refractivity contribution in [3.63, 3.8) is 0 Å². The van der Waals surface area contributed by atoms with Crippen LogP contribution in [0.15, 0.2) is 30.1 Å². The van der Waals surface area contributed by atoms with Gasteiger partial charge in [0.1, 0.15) is 0 Å². The van der Waals surface area contributed by atoms with E-state index in [1.54, 1.807) is 0 Å². The van der Waals surface area contributed by atoms with E-state index in [1.165, 1.54) is 37.2 Å². The minimum Gasteiger partial charge on any atom is -0.367 e. The third kappa shape index (κ3) is 18.4. The van der Waals surface area contributed by atoms with Gasteiger partial charge in [0.05, 0.1) is 0 Å². The van der Waals surface area contributed by atoms with E-state index >= 15 is 0 Å². The fourth-order valence-corrected chi connectivity index (χ4v) is 3.06. The van der Waals surface area contributed by atoms with Gasteiger partial charge in [-0.25, -0.2) is 0 Å². The number of H-pyrrole nitrogens is 1. The van der Waals surface area contributed by atoms with Crippen LogP contribution in [0.25, 0.3) is 0 Å². The average molecular weight is 451 g/mol. The molecular weight excluding hydrogens is 396 g/mol. The van der Waals surface area contributed by atoms with E-state index in [4.69, 9.17) is 0 Å². The van der Waals surface area contributed by atoms with Crippen molar-refractivity contribution in [3.05, 3.63) is 35.7 Å². The number of nitrogens with one attached hydrogen (secondary N) is 6. The van der Waals surface area contributed by atoms with Gasteiger partial charge >= 0.3 is 0 Å². The Labute approximate surface area is 199 Å². The Balaban J connectivity index is 0.000000435. The molecule has 1 unspecified atom stereocenters. The van der Waals surface area contributed by atoms with Gasteiger partial charge in [-0.1, -0.05) is 40.7 Å². The predicted molar refractivity (Wildman–Crippen MR) is 142 cm³/mol. The number of aromatic amines is 1. The minimum atomic E-state index is 0.240. The highest BCUT2D eigenvalue weighted by atomic mass is 15.0. The fourth-order valence-electron chi connectivity index (χ4n) is 3.06. The molecule has 2 aliphatic rings. The van der Waals surface area contributed by atoms with E-state index in [0.717, 1.165) is 38.6 Å². The Morgan fingerprint density at radius 3 is 2.34 bits per heavy atom. The lowest BCUT2D eigenvalue weighted by Crippen LogP contribution is -2.37. The molecule has 0 radical (unpaired) electrons. The Bertz CT molecular complexity index is 539. The van der Waals surface area contributed by atoms with Gasteiger partial charge < -0.3 is 31.6 Å². The molecule has 6 heteroatoms. The van der Waals surface area contributed by atoms with Gasteiger partial charge in [-0.05, 0) is 76.5 Å². The van der Waals surface area contributed by atoms with Crippen LogP contribution in [0.4, 0.5) is 0 Å². The number of hydrogen-bond donors (Lipinski definition) is 6. The molecule has 0 aliphatic carbocycles. The van der Waals surface area contributed by atoms with Crippen LogP contribution < -0.4 is 26.6 Å². The van der Waals surface area contributed by atoms with E-state index in [1.807, 2.05) is 26.2 Å². The van der Waals surface area contributed by atoms with Gasteiger partial charge in [0.25, 0.3) is 0 Å². The molecule has 1 atom stereocenters. The van der Waals surface area contributed by atoms with Crippen LogP contribution in [-0.2, 0) is 6.54 Å². The number of rotatable bonds is 8. The Hall–Kier alpha value is -1.18. The molecule has 0 bridgehead atoms. The smallest absolute Gasteiger partial charge is 0.0222 e. The van der Waals surface area contributed by atoms with Crippen molar-refractivity contribution in [2.45, 2.75) is 79.9 Å². The third-order valence-electron chi connectivity index (χ3n) is 4.96. The molecule has 1 aromatic heterocycles. The molecule has 0 aromatic carbocycles. The molecule has 6 nitrogen and oxygen atoms in total. The van der Waals surface area contributed by atoms with Crippen molar-refractivity contribution < 1.29 is 0 Å². The fraction of sp³-hybridized carbons (Fsp3) is 0.769. The quantitative estimate of drug-likeness (QED) is 0.341. The van der Waals surface area contributed by atoms with Crippen LogP contribution in [-0.4, -0.2) is 62.4 Å². The molecule has 0 amide bonds. The lowest BCUT2D eigenvalue weighted by atomic mass is 10.1. The van der Waals surface area contributed by atoms with E-state index in [0.29, 0.717) is 6.04 Å². The maximum Gasteiger partial charge on any atom is 0.0222 e. The summed E-state index contributed by atoms with van der Waals surface area (Å²) in [6.07, 6.45) is 7.57. The van der Waals surface area contributed by atoms with Gasteiger partial charge in [-0.3, -0.25) is 0 Å². The van der Waals surface area contributed by atoms with E-state index in [9.17, 15) is 0 Å². The van der Waals surface area contributed by atoms with Crippen molar-refractivity contribution in [2.75, 3.05) is 45.8 Å². The number of aromatic nitrogens is 1. The topological polar surface area (TPSA) is 75.9 Å². The summed E-state index contributed by atoms with van der Waals surface area (Å²) in [5.74, 6) is 0.893. The van der Waals surface area contributed by atoms with Crippen LogP contribution in [0.5, 0.6) is 0 Å². The molecule has 1 fully saturated rings. The monoisotopic (exact) mass is 450 g/mol. The lowest BCUT2D eigenvalue weighted by Gasteiger charge is -2.20. The summed E-state index contributed by atoms with van der Waals surface area (Å²) < 4.78 is 0. The van der Waals surface area contributed by atoms with Gasteiger partial charge in [-0.15, -0.1) is 0 Å². The summed E-state index contributed by atoms with van der Waals surface area (Å²) in [7, 11) is 0. The third-order valence-corrected chi connectivity index (χ3v) is 4.96. The summed E-state index contributed by atoms with van der Waals surface area (Å²) in [6.45, 7) is 25.8. The molecule has 0 spiro atoms. The van der Waals surface area contributed by atoms with Crippen molar-refractivity contribution in [1.82, 2.24) is 31.6 Å². The summed E-state index contributed by atoms with van der Waals surface area (Å²) in [5.41, 5.74) is 3.04. The highest BCUT2D eigenvalue weighted by Crippen LogP contribution is 2.04. The molecule has 188 valence electrons. The molecule has 1 saturated heterocycles. The first-order valence-electron chi connectivity index (χ1n) is 12.7. The Kier molecular flexibility index (Phi) is 18.6. The molecule has 1 aromatic rings. The van der Waals surface area contributed by atoms with Gasteiger partial charge in [0.15, 0.2) is 0 Å². The van der Waals surface area contributed by atoms with Crippen LogP contribution in [0, 0.1) is 5.92 Å². The summed E-state index contributed by atoms with van der Waals surface area (Å²) >= 11 is 0. The van der Waals surface area contributed by atoms with Crippen LogP contribution in [0.2, 0.25) is 0 Å². The summed E-state index contributed by atoms with van der Waals surface area (Å²) in [6, 6.07) is 2.64. The predicted octanol–water partition coefficient (Wildman–Crippen LogP) is 3.65. The van der Waals surface area contributed by atoms with Gasteiger partial charge in [-0.2, -0.15) is 0 Å². The molecule has 0 saturated carbocycles. The molecule has 3 rings (SSSR count). The molecule has 6 N–H and O–H groups in total. The number of hydrogen-bond acceptors (Lipinski definition) is 5. The second-order valence-electron chi connectivity index (χ2n) is 9.52. The second-order valence-corrected chi connectivity index (χ2v) is 9.52. The normalized spacial score (nSPS) is 17.5. The highest BCUT2D eigenvalue weighted by molar-refractivity contribution is 5.12. The summed E-state index contributed by atoms with van der Waals surface area (Å²) in [5, 5.41) is 16.8. The van der Waals surface area contributed by atoms with Gasteiger partial charge in [0.2, 0.25) is 0 Å². The minimum absolute atomic E-state index is 0.240. The first-order valence-corrected chi connectivity index (χ1v) is 12.7. The Morgan fingerprint density at radius 2 is 1.88 bits per heavy atom. The van der Waals surface area contributed by atoms with E-state index < -0.39 is 0 Å². The zero-order valence-electron chi connectivity index (χ0n) is 22.3. The molecule has 2 aliphatic heterocycles. The average Bonchev–Trinajstić information content (AvgIpc) is 3.55. The highest BCUT2D eigenvalue weighted by Gasteiger charge is 2.12.